The Morgan fingerprint density at radius 3 is 1.94 bits per heavy atom. The zero-order valence-electron chi connectivity index (χ0n) is 29.0. The predicted octanol–water partition coefficient (Wildman–Crippen LogP) is 12.3. The molecule has 0 spiro atoms. The van der Waals surface area contributed by atoms with Crippen molar-refractivity contribution < 1.29 is 4.42 Å². The molecule has 1 aliphatic rings. The second kappa shape index (κ2) is 10.7. The van der Waals surface area contributed by atoms with Gasteiger partial charge in [-0.1, -0.05) is 149 Å². The third-order valence-electron chi connectivity index (χ3n) is 11.7. The van der Waals surface area contributed by atoms with Crippen LogP contribution in [0.5, 0.6) is 0 Å². The van der Waals surface area contributed by atoms with E-state index in [1.807, 2.05) is 60.7 Å². The number of benzene rings is 7. The van der Waals surface area contributed by atoms with Gasteiger partial charge >= 0.3 is 0 Å². The van der Waals surface area contributed by atoms with Gasteiger partial charge in [-0.05, 0) is 72.8 Å². The Kier molecular flexibility index (Phi) is 6.23. The van der Waals surface area contributed by atoms with Gasteiger partial charge < -0.3 is 4.42 Å². The first-order valence-electron chi connectivity index (χ1n) is 17.6. The molecule has 0 bridgehead atoms. The van der Waals surface area contributed by atoms with Gasteiger partial charge in [-0.15, -0.1) is 0 Å². The van der Waals surface area contributed by atoms with Crippen LogP contribution in [-0.4, -0.2) is 15.0 Å². The minimum Gasteiger partial charge on any atom is -0.456 e. The van der Waals surface area contributed by atoms with Crippen molar-refractivity contribution in [3.63, 3.8) is 0 Å². The molecule has 4 nitrogen and oxygen atoms in total. The summed E-state index contributed by atoms with van der Waals surface area (Å²) in [5.74, 6) is 1.88. The fourth-order valence-corrected chi connectivity index (χ4v) is 8.32. The number of fused-ring (bicyclic) bond motifs is 10. The molecule has 0 aliphatic heterocycles. The van der Waals surface area contributed by atoms with Crippen LogP contribution in [0, 0.1) is 0 Å². The first-order valence-corrected chi connectivity index (χ1v) is 17.6. The molecule has 2 aromatic heterocycles. The maximum absolute atomic E-state index is 6.24. The Morgan fingerprint density at radius 2 is 1.08 bits per heavy atom. The van der Waals surface area contributed by atoms with E-state index in [0.717, 1.165) is 44.0 Å². The largest absolute Gasteiger partial charge is 0.456 e. The fourth-order valence-electron chi connectivity index (χ4n) is 8.32. The molecule has 0 fully saturated rings. The van der Waals surface area contributed by atoms with E-state index < -0.39 is 0 Å². The third-order valence-corrected chi connectivity index (χ3v) is 11.7. The minimum atomic E-state index is -0.0642. The lowest BCUT2D eigenvalue weighted by atomic mass is 9.55. The van der Waals surface area contributed by atoms with Gasteiger partial charge in [0.15, 0.2) is 17.5 Å². The molecule has 0 saturated heterocycles. The van der Waals surface area contributed by atoms with Crippen LogP contribution in [0.1, 0.15) is 38.8 Å². The van der Waals surface area contributed by atoms with Crippen molar-refractivity contribution in [1.29, 1.82) is 0 Å². The molecular weight excluding hydrogens is 623 g/mol. The highest BCUT2D eigenvalue weighted by Gasteiger charge is 2.46. The maximum atomic E-state index is 6.24. The highest BCUT2D eigenvalue weighted by atomic mass is 16.3. The van der Waals surface area contributed by atoms with E-state index in [1.165, 1.54) is 38.4 Å². The molecule has 0 N–H and O–H groups in total. The van der Waals surface area contributed by atoms with E-state index in [0.29, 0.717) is 17.5 Å². The van der Waals surface area contributed by atoms with Gasteiger partial charge in [0.2, 0.25) is 0 Å². The van der Waals surface area contributed by atoms with Crippen molar-refractivity contribution in [1.82, 2.24) is 15.0 Å². The number of para-hydroxylation sites is 1. The third kappa shape index (κ3) is 4.29. The summed E-state index contributed by atoms with van der Waals surface area (Å²) in [6, 6.07) is 49.2. The van der Waals surface area contributed by atoms with Gasteiger partial charge in [-0.2, -0.15) is 0 Å². The Morgan fingerprint density at radius 1 is 0.431 bits per heavy atom. The van der Waals surface area contributed by atoms with Gasteiger partial charge in [0.25, 0.3) is 0 Å². The first kappa shape index (κ1) is 29.8. The van der Waals surface area contributed by atoms with Gasteiger partial charge in [0.1, 0.15) is 11.2 Å². The van der Waals surface area contributed by atoms with E-state index in [-0.39, 0.29) is 10.8 Å². The average Bonchev–Trinajstić information content (AvgIpc) is 3.56. The van der Waals surface area contributed by atoms with Crippen molar-refractivity contribution in [2.45, 2.75) is 38.5 Å². The summed E-state index contributed by atoms with van der Waals surface area (Å²) in [4.78, 5) is 15.3. The normalized spacial score (nSPS) is 14.6. The van der Waals surface area contributed by atoms with Gasteiger partial charge in [0, 0.05) is 27.5 Å². The lowest BCUT2D eigenvalue weighted by Gasteiger charge is -2.48. The molecule has 0 amide bonds. The Labute approximate surface area is 296 Å². The van der Waals surface area contributed by atoms with Crippen molar-refractivity contribution >= 4 is 43.5 Å². The lowest BCUT2D eigenvalue weighted by molar-refractivity contribution is 0.299. The molecule has 2 heterocycles. The zero-order chi connectivity index (χ0) is 34.5. The summed E-state index contributed by atoms with van der Waals surface area (Å²) >= 11 is 0. The molecule has 0 radical (unpaired) electrons. The van der Waals surface area contributed by atoms with E-state index in [4.69, 9.17) is 19.4 Å². The van der Waals surface area contributed by atoms with E-state index >= 15 is 0 Å². The van der Waals surface area contributed by atoms with Crippen molar-refractivity contribution in [3.05, 3.63) is 151 Å². The molecule has 4 heteroatoms. The SMILES string of the molecule is CC1(C)c2ccccc2-c2c(ccc3ccc4cc(-c5nc(-c6ccccc6)nc(-c6cccc7oc8ccccc8c67)n5)ccc4c23)C1(C)C. The molecule has 244 valence electrons. The van der Waals surface area contributed by atoms with Crippen LogP contribution in [0.25, 0.3) is 88.8 Å². The summed E-state index contributed by atoms with van der Waals surface area (Å²) < 4.78 is 6.24. The summed E-state index contributed by atoms with van der Waals surface area (Å²) in [5.41, 5.74) is 9.83. The van der Waals surface area contributed by atoms with E-state index in [1.54, 1.807) is 0 Å². The minimum absolute atomic E-state index is 0.0258. The molecule has 7 aromatic carbocycles. The maximum Gasteiger partial charge on any atom is 0.164 e. The summed E-state index contributed by atoms with van der Waals surface area (Å²) in [6.45, 7) is 9.56. The Hall–Kier alpha value is -6.13. The number of aromatic nitrogens is 3. The average molecular weight is 658 g/mol. The number of rotatable bonds is 3. The molecule has 1 aliphatic carbocycles. The number of nitrogens with zero attached hydrogens (tertiary/aromatic N) is 3. The lowest BCUT2D eigenvalue weighted by Crippen LogP contribution is -2.43. The topological polar surface area (TPSA) is 51.8 Å². The smallest absolute Gasteiger partial charge is 0.164 e. The van der Waals surface area contributed by atoms with Gasteiger partial charge in [-0.25, -0.2) is 15.0 Å². The number of hydrogen-bond donors (Lipinski definition) is 0. The first-order chi connectivity index (χ1) is 24.8. The quantitative estimate of drug-likeness (QED) is 0.177. The van der Waals surface area contributed by atoms with Crippen LogP contribution in [0.4, 0.5) is 0 Å². The van der Waals surface area contributed by atoms with Crippen LogP contribution < -0.4 is 0 Å². The number of hydrogen-bond acceptors (Lipinski definition) is 4. The predicted molar refractivity (Wildman–Crippen MR) is 210 cm³/mol. The molecule has 51 heavy (non-hydrogen) atoms. The van der Waals surface area contributed by atoms with Crippen molar-refractivity contribution in [3.8, 4) is 45.3 Å². The van der Waals surface area contributed by atoms with Crippen LogP contribution in [0.2, 0.25) is 0 Å². The monoisotopic (exact) mass is 657 g/mol. The van der Waals surface area contributed by atoms with Crippen LogP contribution in [0.3, 0.4) is 0 Å². The Bertz CT molecular complexity index is 2860. The van der Waals surface area contributed by atoms with Crippen molar-refractivity contribution in [2.24, 2.45) is 0 Å². The molecule has 0 unspecified atom stereocenters. The molecule has 9 aromatic rings. The fraction of sp³-hybridized carbons (Fsp3) is 0.128. The van der Waals surface area contributed by atoms with E-state index in [9.17, 15) is 0 Å². The summed E-state index contributed by atoms with van der Waals surface area (Å²) in [7, 11) is 0. The molecule has 10 rings (SSSR count). The second-order valence-corrected chi connectivity index (χ2v) is 14.8. The second-order valence-electron chi connectivity index (χ2n) is 14.8. The molecular formula is C47H35N3O. The van der Waals surface area contributed by atoms with Gasteiger partial charge in [-0.3, -0.25) is 0 Å². The van der Waals surface area contributed by atoms with Gasteiger partial charge in [0.05, 0.1) is 0 Å². The van der Waals surface area contributed by atoms with Crippen LogP contribution in [0.15, 0.2) is 144 Å². The molecule has 0 atom stereocenters. The zero-order valence-corrected chi connectivity index (χ0v) is 29.0. The highest BCUT2D eigenvalue weighted by Crippen LogP contribution is 2.56. The van der Waals surface area contributed by atoms with Crippen molar-refractivity contribution in [2.75, 3.05) is 0 Å². The molecule has 0 saturated carbocycles. The van der Waals surface area contributed by atoms with Crippen LogP contribution in [-0.2, 0) is 10.8 Å². The summed E-state index contributed by atoms with van der Waals surface area (Å²) in [5, 5.41) is 6.97. The number of furan rings is 1. The van der Waals surface area contributed by atoms with Crippen LogP contribution >= 0.6 is 0 Å². The Balaban J connectivity index is 1.21. The van der Waals surface area contributed by atoms with E-state index in [2.05, 4.69) is 107 Å². The summed E-state index contributed by atoms with van der Waals surface area (Å²) in [6.07, 6.45) is 0. The standard InChI is InChI=1S/C47H35N3O/c1-46(2)36-18-10-8-15-33(36)42-37(47(46,3)4)26-24-28-21-22-30-27-31(23-25-32(30)40(28)42)44-48-43(29-13-6-5-7-14-29)49-45(50-44)35-17-12-20-39-41(35)34-16-9-11-19-38(34)51-39/h5-27H,1-4H3. The highest BCUT2D eigenvalue weighted by molar-refractivity contribution is 6.16.